The molecule has 2 rings (SSSR count). The molecule has 0 aliphatic carbocycles. The lowest BCUT2D eigenvalue weighted by molar-refractivity contribution is 0.550. The van der Waals surface area contributed by atoms with Crippen LogP contribution >= 0.6 is 22.9 Å². The van der Waals surface area contributed by atoms with Gasteiger partial charge in [0, 0.05) is 17.3 Å². The zero-order valence-electron chi connectivity index (χ0n) is 11.7. The van der Waals surface area contributed by atoms with Crippen LogP contribution in [0.4, 0.5) is 0 Å². The molecule has 0 spiro atoms. The molecule has 3 heteroatoms. The third-order valence-electron chi connectivity index (χ3n) is 3.51. The highest BCUT2D eigenvalue weighted by molar-refractivity contribution is 7.16. The molecular formula is C16H20ClNS. The second-order valence-corrected chi connectivity index (χ2v) is 6.61. The summed E-state index contributed by atoms with van der Waals surface area (Å²) in [5.41, 5.74) is 4.13. The lowest BCUT2D eigenvalue weighted by atomic mass is 9.95. The molecule has 0 fully saturated rings. The number of hydrogen-bond acceptors (Lipinski definition) is 2. The summed E-state index contributed by atoms with van der Waals surface area (Å²) in [5, 5.41) is 3.59. The molecule has 1 aromatic carbocycles. The molecule has 0 saturated heterocycles. The second kappa shape index (κ2) is 6.56. The molecule has 102 valence electrons. The molecular weight excluding hydrogens is 274 g/mol. The van der Waals surface area contributed by atoms with Crippen molar-refractivity contribution in [3.8, 4) is 0 Å². The third-order valence-corrected chi connectivity index (χ3v) is 4.76. The van der Waals surface area contributed by atoms with Crippen molar-refractivity contribution in [2.45, 2.75) is 33.2 Å². The fourth-order valence-corrected chi connectivity index (χ4v) is 3.49. The Morgan fingerprint density at radius 1 is 1.21 bits per heavy atom. The Balaban J connectivity index is 2.26. The summed E-state index contributed by atoms with van der Waals surface area (Å²) in [4.78, 5) is 1.33. The van der Waals surface area contributed by atoms with E-state index in [1.54, 1.807) is 11.3 Å². The number of likely N-dealkylation sites (N-methyl/N-ethyl adjacent to an activating group) is 1. The van der Waals surface area contributed by atoms with E-state index in [0.29, 0.717) is 6.04 Å². The molecule has 1 atom stereocenters. The van der Waals surface area contributed by atoms with Gasteiger partial charge in [-0.1, -0.05) is 36.7 Å². The fourth-order valence-electron chi connectivity index (χ4n) is 2.35. The predicted octanol–water partition coefficient (Wildman–Crippen LogP) is 4.91. The zero-order valence-corrected chi connectivity index (χ0v) is 13.2. The zero-order chi connectivity index (χ0) is 13.8. The van der Waals surface area contributed by atoms with Gasteiger partial charge in [0.05, 0.1) is 4.34 Å². The Kier molecular flexibility index (Phi) is 5.03. The molecule has 0 radical (unpaired) electrons. The van der Waals surface area contributed by atoms with Gasteiger partial charge in [0.15, 0.2) is 0 Å². The molecule has 0 aliphatic heterocycles. The van der Waals surface area contributed by atoms with Gasteiger partial charge < -0.3 is 5.32 Å². The Morgan fingerprint density at radius 3 is 2.63 bits per heavy atom. The second-order valence-electron chi connectivity index (χ2n) is 4.81. The normalized spacial score (nSPS) is 12.6. The van der Waals surface area contributed by atoms with Gasteiger partial charge in [0.1, 0.15) is 0 Å². The monoisotopic (exact) mass is 293 g/mol. The highest BCUT2D eigenvalue weighted by atomic mass is 35.5. The average Bonchev–Trinajstić information content (AvgIpc) is 2.78. The largest absolute Gasteiger partial charge is 0.310 e. The maximum atomic E-state index is 6.02. The van der Waals surface area contributed by atoms with Crippen LogP contribution in [-0.4, -0.2) is 6.54 Å². The first kappa shape index (κ1) is 14.6. The minimum absolute atomic E-state index is 0.361. The maximum Gasteiger partial charge on any atom is 0.0931 e. The van der Waals surface area contributed by atoms with Gasteiger partial charge in [-0.2, -0.15) is 0 Å². The highest BCUT2D eigenvalue weighted by Crippen LogP contribution is 2.28. The predicted molar refractivity (Wildman–Crippen MR) is 85.4 cm³/mol. The molecule has 1 unspecified atom stereocenters. The minimum atomic E-state index is 0.361. The molecule has 1 N–H and O–H groups in total. The van der Waals surface area contributed by atoms with E-state index < -0.39 is 0 Å². The van der Waals surface area contributed by atoms with E-state index in [1.807, 2.05) is 6.07 Å². The molecule has 0 amide bonds. The summed E-state index contributed by atoms with van der Waals surface area (Å²) in [6, 6.07) is 11.0. The quantitative estimate of drug-likeness (QED) is 0.826. The summed E-state index contributed by atoms with van der Waals surface area (Å²) in [5.74, 6) is 0. The smallest absolute Gasteiger partial charge is 0.0931 e. The first-order valence-electron chi connectivity index (χ1n) is 6.65. The lowest BCUT2D eigenvalue weighted by Gasteiger charge is -2.21. The SMILES string of the molecule is CCNC(Cc1ccc(Cl)s1)c1cccc(C)c1C. The summed E-state index contributed by atoms with van der Waals surface area (Å²) < 4.78 is 0.867. The van der Waals surface area contributed by atoms with Crippen LogP contribution in [0.15, 0.2) is 30.3 Å². The molecule has 0 bridgehead atoms. The Bertz CT molecular complexity index is 547. The summed E-state index contributed by atoms with van der Waals surface area (Å²) in [6.07, 6.45) is 0.996. The number of nitrogens with one attached hydrogen (secondary N) is 1. The van der Waals surface area contributed by atoms with E-state index in [2.05, 4.69) is 50.4 Å². The first-order valence-corrected chi connectivity index (χ1v) is 7.85. The van der Waals surface area contributed by atoms with Crippen LogP contribution in [0, 0.1) is 13.8 Å². The van der Waals surface area contributed by atoms with Crippen molar-refractivity contribution in [1.29, 1.82) is 0 Å². The molecule has 1 nitrogen and oxygen atoms in total. The Morgan fingerprint density at radius 2 is 2.00 bits per heavy atom. The topological polar surface area (TPSA) is 12.0 Å². The summed E-state index contributed by atoms with van der Waals surface area (Å²) in [6.45, 7) is 7.50. The van der Waals surface area contributed by atoms with Crippen LogP contribution in [0.5, 0.6) is 0 Å². The lowest BCUT2D eigenvalue weighted by Crippen LogP contribution is -2.23. The Labute approximate surface area is 124 Å². The van der Waals surface area contributed by atoms with Crippen molar-refractivity contribution in [1.82, 2.24) is 5.32 Å². The minimum Gasteiger partial charge on any atom is -0.310 e. The van der Waals surface area contributed by atoms with Crippen molar-refractivity contribution in [2.24, 2.45) is 0 Å². The van der Waals surface area contributed by atoms with Crippen molar-refractivity contribution in [2.75, 3.05) is 6.54 Å². The van der Waals surface area contributed by atoms with Gasteiger partial charge in [-0.25, -0.2) is 0 Å². The van der Waals surface area contributed by atoms with E-state index >= 15 is 0 Å². The maximum absolute atomic E-state index is 6.02. The Hall–Kier alpha value is -0.830. The molecule has 19 heavy (non-hydrogen) atoms. The standard InChI is InChI=1S/C16H20ClNS/c1-4-18-15(10-13-8-9-16(17)19-13)14-7-5-6-11(2)12(14)3/h5-9,15,18H,4,10H2,1-3H3. The molecule has 0 aliphatic rings. The van der Waals surface area contributed by atoms with Crippen LogP contribution < -0.4 is 5.32 Å². The van der Waals surface area contributed by atoms with Crippen LogP contribution in [0.25, 0.3) is 0 Å². The van der Waals surface area contributed by atoms with Crippen molar-refractivity contribution >= 4 is 22.9 Å². The number of hydrogen-bond donors (Lipinski definition) is 1. The van der Waals surface area contributed by atoms with E-state index in [9.17, 15) is 0 Å². The van der Waals surface area contributed by atoms with Gasteiger partial charge in [0.25, 0.3) is 0 Å². The first-order chi connectivity index (χ1) is 9.11. The van der Waals surface area contributed by atoms with Crippen molar-refractivity contribution < 1.29 is 0 Å². The van der Waals surface area contributed by atoms with E-state index in [4.69, 9.17) is 11.6 Å². The molecule has 2 aromatic rings. The molecule has 1 heterocycles. The van der Waals surface area contributed by atoms with E-state index in [0.717, 1.165) is 17.3 Å². The molecule has 0 saturated carbocycles. The van der Waals surface area contributed by atoms with Crippen LogP contribution in [0.3, 0.4) is 0 Å². The van der Waals surface area contributed by atoms with Gasteiger partial charge in [0.2, 0.25) is 0 Å². The van der Waals surface area contributed by atoms with Crippen LogP contribution in [0.1, 0.15) is 34.5 Å². The van der Waals surface area contributed by atoms with Gasteiger partial charge in [-0.15, -0.1) is 11.3 Å². The van der Waals surface area contributed by atoms with Gasteiger partial charge in [-0.05, 0) is 49.2 Å². The number of halogens is 1. The van der Waals surface area contributed by atoms with E-state index in [-0.39, 0.29) is 0 Å². The number of thiophene rings is 1. The summed E-state index contributed by atoms with van der Waals surface area (Å²) >= 11 is 7.69. The van der Waals surface area contributed by atoms with Crippen molar-refractivity contribution in [3.05, 3.63) is 56.2 Å². The molecule has 1 aromatic heterocycles. The number of aryl methyl sites for hydroxylation is 1. The number of rotatable bonds is 5. The summed E-state index contributed by atoms with van der Waals surface area (Å²) in [7, 11) is 0. The van der Waals surface area contributed by atoms with Gasteiger partial charge >= 0.3 is 0 Å². The number of benzene rings is 1. The third kappa shape index (κ3) is 3.59. The van der Waals surface area contributed by atoms with E-state index in [1.165, 1.54) is 21.6 Å². The average molecular weight is 294 g/mol. The van der Waals surface area contributed by atoms with Gasteiger partial charge in [-0.3, -0.25) is 0 Å². The van der Waals surface area contributed by atoms with Crippen LogP contribution in [-0.2, 0) is 6.42 Å². The van der Waals surface area contributed by atoms with Crippen LogP contribution in [0.2, 0.25) is 4.34 Å². The highest BCUT2D eigenvalue weighted by Gasteiger charge is 2.15. The van der Waals surface area contributed by atoms with Crippen molar-refractivity contribution in [3.63, 3.8) is 0 Å². The fraction of sp³-hybridized carbons (Fsp3) is 0.375.